The molecule has 0 aromatic heterocycles. The molecule has 0 atom stereocenters. The molecule has 1 aromatic rings. The van der Waals surface area contributed by atoms with Crippen molar-refractivity contribution in [3.63, 3.8) is 0 Å². The SMILES string of the molecule is CCOC(=O)CSCC(=O)Nc1ccc(N)cc1Cl. The highest BCUT2D eigenvalue weighted by molar-refractivity contribution is 8.00. The fraction of sp³-hybridized carbons (Fsp3) is 0.333. The first-order chi connectivity index (χ1) is 9.02. The second kappa shape index (κ2) is 7.91. The van der Waals surface area contributed by atoms with Gasteiger partial charge in [0.25, 0.3) is 0 Å². The van der Waals surface area contributed by atoms with Gasteiger partial charge in [-0.2, -0.15) is 0 Å². The van der Waals surface area contributed by atoms with Gasteiger partial charge in [-0.3, -0.25) is 9.59 Å². The zero-order valence-corrected chi connectivity index (χ0v) is 12.0. The van der Waals surface area contributed by atoms with E-state index in [9.17, 15) is 9.59 Å². The molecule has 0 spiro atoms. The smallest absolute Gasteiger partial charge is 0.315 e. The molecule has 0 saturated heterocycles. The van der Waals surface area contributed by atoms with Gasteiger partial charge in [-0.25, -0.2) is 0 Å². The topological polar surface area (TPSA) is 81.4 Å². The van der Waals surface area contributed by atoms with E-state index in [-0.39, 0.29) is 23.4 Å². The largest absolute Gasteiger partial charge is 0.465 e. The lowest BCUT2D eigenvalue weighted by Crippen LogP contribution is -2.16. The van der Waals surface area contributed by atoms with E-state index in [1.54, 1.807) is 25.1 Å². The normalized spacial score (nSPS) is 10.0. The van der Waals surface area contributed by atoms with Crippen molar-refractivity contribution in [2.75, 3.05) is 29.2 Å². The molecule has 0 saturated carbocycles. The standard InChI is InChI=1S/C12H15ClN2O3S/c1-2-18-12(17)7-19-6-11(16)15-10-4-3-8(14)5-9(10)13/h3-5H,2,6-7,14H2,1H3,(H,15,16). The number of nitrogen functional groups attached to an aromatic ring is 1. The Morgan fingerprint density at radius 2 is 2.16 bits per heavy atom. The second-order valence-corrected chi connectivity index (χ2v) is 4.98. The first-order valence-electron chi connectivity index (χ1n) is 5.61. The van der Waals surface area contributed by atoms with Crippen LogP contribution in [0.25, 0.3) is 0 Å². The number of ether oxygens (including phenoxy) is 1. The van der Waals surface area contributed by atoms with Gasteiger partial charge in [0, 0.05) is 5.69 Å². The molecular weight excluding hydrogens is 288 g/mol. The maximum atomic E-state index is 11.6. The van der Waals surface area contributed by atoms with Crippen LogP contribution in [0.15, 0.2) is 18.2 Å². The number of thioether (sulfide) groups is 1. The van der Waals surface area contributed by atoms with Gasteiger partial charge in [0.2, 0.25) is 5.91 Å². The fourth-order valence-corrected chi connectivity index (χ4v) is 2.09. The Morgan fingerprint density at radius 3 is 2.79 bits per heavy atom. The van der Waals surface area contributed by atoms with Gasteiger partial charge in [-0.15, -0.1) is 11.8 Å². The molecule has 5 nitrogen and oxygen atoms in total. The quantitative estimate of drug-likeness (QED) is 0.621. The molecule has 1 aromatic carbocycles. The van der Waals surface area contributed by atoms with E-state index in [1.807, 2.05) is 0 Å². The van der Waals surface area contributed by atoms with Crippen molar-refractivity contribution in [2.45, 2.75) is 6.92 Å². The Balaban J connectivity index is 2.37. The zero-order chi connectivity index (χ0) is 14.3. The van der Waals surface area contributed by atoms with Crippen molar-refractivity contribution in [3.8, 4) is 0 Å². The molecule has 19 heavy (non-hydrogen) atoms. The zero-order valence-electron chi connectivity index (χ0n) is 10.4. The molecule has 0 aliphatic rings. The summed E-state index contributed by atoms with van der Waals surface area (Å²) in [5, 5.41) is 3.02. The summed E-state index contributed by atoms with van der Waals surface area (Å²) in [5.41, 5.74) is 6.57. The molecular formula is C12H15ClN2O3S. The van der Waals surface area contributed by atoms with E-state index in [0.717, 1.165) is 0 Å². The number of hydrogen-bond donors (Lipinski definition) is 2. The van der Waals surface area contributed by atoms with Crippen LogP contribution in [0.2, 0.25) is 5.02 Å². The Kier molecular flexibility index (Phi) is 6.52. The van der Waals surface area contributed by atoms with Crippen molar-refractivity contribution in [3.05, 3.63) is 23.2 Å². The Hall–Kier alpha value is -1.40. The number of halogens is 1. The van der Waals surface area contributed by atoms with Crippen LogP contribution in [-0.2, 0) is 14.3 Å². The predicted molar refractivity (Wildman–Crippen MR) is 78.5 cm³/mol. The molecule has 1 rings (SSSR count). The van der Waals surface area contributed by atoms with Crippen molar-refractivity contribution in [2.24, 2.45) is 0 Å². The van der Waals surface area contributed by atoms with Crippen LogP contribution < -0.4 is 11.1 Å². The van der Waals surface area contributed by atoms with Crippen LogP contribution in [0.4, 0.5) is 11.4 Å². The fourth-order valence-electron chi connectivity index (χ4n) is 1.25. The molecule has 0 heterocycles. The van der Waals surface area contributed by atoms with Crippen LogP contribution in [0.1, 0.15) is 6.92 Å². The number of anilines is 2. The lowest BCUT2D eigenvalue weighted by atomic mass is 10.3. The third kappa shape index (κ3) is 5.85. The summed E-state index contributed by atoms with van der Waals surface area (Å²) in [6.45, 7) is 2.07. The minimum absolute atomic E-state index is 0.150. The maximum Gasteiger partial charge on any atom is 0.315 e. The number of rotatable bonds is 6. The first kappa shape index (κ1) is 15.7. The Morgan fingerprint density at radius 1 is 1.42 bits per heavy atom. The van der Waals surface area contributed by atoms with E-state index < -0.39 is 0 Å². The summed E-state index contributed by atoms with van der Waals surface area (Å²) in [7, 11) is 0. The van der Waals surface area contributed by atoms with Gasteiger partial charge in [0.05, 0.1) is 28.8 Å². The van der Waals surface area contributed by atoms with E-state index in [1.165, 1.54) is 11.8 Å². The number of esters is 1. The summed E-state index contributed by atoms with van der Waals surface area (Å²) in [4.78, 5) is 22.7. The summed E-state index contributed by atoms with van der Waals surface area (Å²) in [5.74, 6) is -0.261. The Bertz CT molecular complexity index is 468. The number of nitrogens with one attached hydrogen (secondary N) is 1. The van der Waals surface area contributed by atoms with Gasteiger partial charge < -0.3 is 15.8 Å². The highest BCUT2D eigenvalue weighted by Gasteiger charge is 2.08. The van der Waals surface area contributed by atoms with Crippen LogP contribution in [0.3, 0.4) is 0 Å². The minimum Gasteiger partial charge on any atom is -0.465 e. The number of carbonyl (C=O) groups excluding carboxylic acids is 2. The van der Waals surface area contributed by atoms with Crippen molar-refractivity contribution >= 4 is 46.6 Å². The minimum atomic E-state index is -0.328. The molecule has 0 radical (unpaired) electrons. The van der Waals surface area contributed by atoms with Crippen molar-refractivity contribution in [1.29, 1.82) is 0 Å². The van der Waals surface area contributed by atoms with Gasteiger partial charge in [0.1, 0.15) is 0 Å². The average Bonchev–Trinajstić information content (AvgIpc) is 2.33. The number of hydrogen-bond acceptors (Lipinski definition) is 5. The lowest BCUT2D eigenvalue weighted by Gasteiger charge is -2.07. The van der Waals surface area contributed by atoms with Gasteiger partial charge in [0.15, 0.2) is 0 Å². The highest BCUT2D eigenvalue weighted by atomic mass is 35.5. The third-order valence-corrected chi connectivity index (χ3v) is 3.24. The van der Waals surface area contributed by atoms with E-state index in [0.29, 0.717) is 23.0 Å². The van der Waals surface area contributed by atoms with Crippen LogP contribution in [0.5, 0.6) is 0 Å². The number of nitrogens with two attached hydrogens (primary N) is 1. The molecule has 1 amide bonds. The van der Waals surface area contributed by atoms with Crippen molar-refractivity contribution in [1.82, 2.24) is 0 Å². The van der Waals surface area contributed by atoms with Gasteiger partial charge in [-0.05, 0) is 25.1 Å². The summed E-state index contributed by atoms with van der Waals surface area (Å²) in [6.07, 6.45) is 0. The molecule has 104 valence electrons. The number of amides is 1. The third-order valence-electron chi connectivity index (χ3n) is 2.03. The van der Waals surface area contributed by atoms with Crippen LogP contribution in [-0.4, -0.2) is 30.0 Å². The molecule has 0 bridgehead atoms. The van der Waals surface area contributed by atoms with E-state index >= 15 is 0 Å². The van der Waals surface area contributed by atoms with Crippen LogP contribution in [0, 0.1) is 0 Å². The van der Waals surface area contributed by atoms with Crippen LogP contribution >= 0.6 is 23.4 Å². The molecule has 7 heteroatoms. The average molecular weight is 303 g/mol. The molecule has 0 fully saturated rings. The van der Waals surface area contributed by atoms with Crippen molar-refractivity contribution < 1.29 is 14.3 Å². The summed E-state index contributed by atoms with van der Waals surface area (Å²) in [6, 6.07) is 4.84. The lowest BCUT2D eigenvalue weighted by molar-refractivity contribution is -0.139. The Labute approximate surface area is 120 Å². The van der Waals surface area contributed by atoms with Gasteiger partial charge in [-0.1, -0.05) is 11.6 Å². The predicted octanol–water partition coefficient (Wildman–Crippen LogP) is 2.16. The molecule has 0 aliphatic heterocycles. The number of carbonyl (C=O) groups is 2. The monoisotopic (exact) mass is 302 g/mol. The molecule has 0 aliphatic carbocycles. The molecule has 0 unspecified atom stereocenters. The number of benzene rings is 1. The maximum absolute atomic E-state index is 11.6. The highest BCUT2D eigenvalue weighted by Crippen LogP contribution is 2.24. The van der Waals surface area contributed by atoms with E-state index in [4.69, 9.17) is 22.1 Å². The summed E-state index contributed by atoms with van der Waals surface area (Å²) < 4.78 is 4.75. The van der Waals surface area contributed by atoms with Gasteiger partial charge >= 0.3 is 5.97 Å². The molecule has 3 N–H and O–H groups in total. The van der Waals surface area contributed by atoms with E-state index in [2.05, 4.69) is 5.32 Å². The second-order valence-electron chi connectivity index (χ2n) is 3.59. The first-order valence-corrected chi connectivity index (χ1v) is 7.14. The summed E-state index contributed by atoms with van der Waals surface area (Å²) >= 11 is 7.11.